The fraction of sp³-hybridized carbons (Fsp3) is 0.300. The third-order valence-corrected chi connectivity index (χ3v) is 4.09. The molecule has 2 aromatic carbocycles. The van der Waals surface area contributed by atoms with Gasteiger partial charge in [-0.1, -0.05) is 30.3 Å². The Labute approximate surface area is 162 Å². The van der Waals surface area contributed by atoms with Crippen LogP contribution in [0.5, 0.6) is 5.75 Å². The third-order valence-electron chi connectivity index (χ3n) is 4.09. The van der Waals surface area contributed by atoms with Gasteiger partial charge in [0, 0.05) is 18.5 Å². The lowest BCUT2D eigenvalue weighted by Gasteiger charge is -2.18. The first-order valence-electron chi connectivity index (χ1n) is 8.88. The lowest BCUT2D eigenvalue weighted by atomic mass is 10.0. The topological polar surface area (TPSA) is 119 Å². The van der Waals surface area contributed by atoms with Crippen LogP contribution in [0.25, 0.3) is 0 Å². The van der Waals surface area contributed by atoms with Crippen molar-refractivity contribution < 1.29 is 24.4 Å². The van der Waals surface area contributed by atoms with Crippen molar-refractivity contribution >= 4 is 17.6 Å². The van der Waals surface area contributed by atoms with Gasteiger partial charge in [-0.2, -0.15) is 0 Å². The van der Waals surface area contributed by atoms with Crippen molar-refractivity contribution in [3.8, 4) is 5.75 Å². The van der Waals surface area contributed by atoms with Crippen LogP contribution >= 0.6 is 0 Å². The first kappa shape index (κ1) is 20.9. The molecule has 0 spiro atoms. The highest BCUT2D eigenvalue weighted by atomic mass is 16.6. The van der Waals surface area contributed by atoms with Crippen LogP contribution in [-0.2, 0) is 11.2 Å². The molecule has 0 bridgehead atoms. The van der Waals surface area contributed by atoms with Crippen molar-refractivity contribution in [2.75, 3.05) is 6.61 Å². The Morgan fingerprint density at radius 3 is 2.54 bits per heavy atom. The maximum atomic E-state index is 12.8. The standard InChI is InChI=1S/C20H22N2O6/c1-2-28-16-9-10-18(22(26)27)17(13-16)20(25)21-15(8-11-19(23)24)12-14-6-4-3-5-7-14/h3-7,9-10,13,15H,2,8,11-12H2,1H3,(H,21,25)(H,23,24). The fourth-order valence-electron chi connectivity index (χ4n) is 2.80. The van der Waals surface area contributed by atoms with Crippen LogP contribution in [0.1, 0.15) is 35.7 Å². The van der Waals surface area contributed by atoms with E-state index in [4.69, 9.17) is 9.84 Å². The Balaban J connectivity index is 2.24. The molecule has 0 saturated carbocycles. The maximum Gasteiger partial charge on any atom is 0.303 e. The van der Waals surface area contributed by atoms with E-state index < -0.39 is 22.8 Å². The molecule has 0 aliphatic heterocycles. The second kappa shape index (κ2) is 10.1. The molecular weight excluding hydrogens is 364 g/mol. The summed E-state index contributed by atoms with van der Waals surface area (Å²) in [5, 5.41) is 23.0. The van der Waals surface area contributed by atoms with Gasteiger partial charge in [0.15, 0.2) is 0 Å². The van der Waals surface area contributed by atoms with Crippen LogP contribution < -0.4 is 10.1 Å². The quantitative estimate of drug-likeness (QED) is 0.478. The van der Waals surface area contributed by atoms with E-state index in [0.29, 0.717) is 18.8 Å². The highest BCUT2D eigenvalue weighted by Gasteiger charge is 2.24. The minimum Gasteiger partial charge on any atom is -0.494 e. The zero-order valence-electron chi connectivity index (χ0n) is 15.5. The van der Waals surface area contributed by atoms with Gasteiger partial charge in [-0.05, 0) is 37.5 Å². The molecule has 8 nitrogen and oxygen atoms in total. The molecule has 0 heterocycles. The van der Waals surface area contributed by atoms with E-state index in [1.165, 1.54) is 18.2 Å². The van der Waals surface area contributed by atoms with Gasteiger partial charge in [0.25, 0.3) is 11.6 Å². The van der Waals surface area contributed by atoms with E-state index in [1.807, 2.05) is 30.3 Å². The van der Waals surface area contributed by atoms with Crippen LogP contribution in [0.15, 0.2) is 48.5 Å². The molecule has 2 rings (SSSR count). The largest absolute Gasteiger partial charge is 0.494 e. The Kier molecular flexibility index (Phi) is 7.50. The number of hydrogen-bond acceptors (Lipinski definition) is 5. The minimum atomic E-state index is -0.975. The zero-order valence-corrected chi connectivity index (χ0v) is 15.5. The molecule has 0 fully saturated rings. The molecule has 0 aliphatic carbocycles. The monoisotopic (exact) mass is 386 g/mol. The van der Waals surface area contributed by atoms with Crippen molar-refractivity contribution in [2.45, 2.75) is 32.2 Å². The number of carbonyl (C=O) groups excluding carboxylic acids is 1. The van der Waals surface area contributed by atoms with E-state index >= 15 is 0 Å². The van der Waals surface area contributed by atoms with Gasteiger partial charge in [0.2, 0.25) is 0 Å². The molecule has 8 heteroatoms. The second-order valence-electron chi connectivity index (χ2n) is 6.16. The molecule has 0 aliphatic rings. The van der Waals surface area contributed by atoms with Crippen molar-refractivity contribution in [1.82, 2.24) is 5.32 Å². The molecule has 1 amide bonds. The van der Waals surface area contributed by atoms with Crippen molar-refractivity contribution in [3.63, 3.8) is 0 Å². The molecule has 0 radical (unpaired) electrons. The van der Waals surface area contributed by atoms with E-state index in [2.05, 4.69) is 5.32 Å². The van der Waals surface area contributed by atoms with E-state index in [1.54, 1.807) is 6.92 Å². The molecule has 28 heavy (non-hydrogen) atoms. The highest BCUT2D eigenvalue weighted by Crippen LogP contribution is 2.24. The van der Waals surface area contributed by atoms with E-state index in [9.17, 15) is 19.7 Å². The Bertz CT molecular complexity index is 838. The average molecular weight is 386 g/mol. The lowest BCUT2D eigenvalue weighted by Crippen LogP contribution is -2.37. The average Bonchev–Trinajstić information content (AvgIpc) is 2.67. The predicted octanol–water partition coefficient (Wildman–Crippen LogP) is 3.20. The summed E-state index contributed by atoms with van der Waals surface area (Å²) < 4.78 is 5.33. The fourth-order valence-corrected chi connectivity index (χ4v) is 2.80. The smallest absolute Gasteiger partial charge is 0.303 e. The SMILES string of the molecule is CCOc1ccc([N+](=O)[O-])c(C(=O)NC(CCC(=O)O)Cc2ccccc2)c1. The first-order chi connectivity index (χ1) is 13.4. The molecule has 1 atom stereocenters. The summed E-state index contributed by atoms with van der Waals surface area (Å²) >= 11 is 0. The summed E-state index contributed by atoms with van der Waals surface area (Å²) in [4.78, 5) is 34.4. The van der Waals surface area contributed by atoms with Gasteiger partial charge in [0.1, 0.15) is 11.3 Å². The predicted molar refractivity (Wildman–Crippen MR) is 103 cm³/mol. The number of ether oxygens (including phenoxy) is 1. The number of benzene rings is 2. The second-order valence-corrected chi connectivity index (χ2v) is 6.16. The van der Waals surface area contributed by atoms with Gasteiger partial charge < -0.3 is 15.2 Å². The normalized spacial score (nSPS) is 11.5. The van der Waals surface area contributed by atoms with Gasteiger partial charge in [0.05, 0.1) is 11.5 Å². The summed E-state index contributed by atoms with van der Waals surface area (Å²) in [7, 11) is 0. The van der Waals surface area contributed by atoms with Crippen molar-refractivity contribution in [3.05, 3.63) is 69.8 Å². The summed E-state index contributed by atoms with van der Waals surface area (Å²) in [6, 6.07) is 12.8. The van der Waals surface area contributed by atoms with Gasteiger partial charge >= 0.3 is 5.97 Å². The molecule has 0 saturated heterocycles. The Morgan fingerprint density at radius 1 is 1.21 bits per heavy atom. The number of nitrogens with one attached hydrogen (secondary N) is 1. The maximum absolute atomic E-state index is 12.8. The Hall–Kier alpha value is -3.42. The van der Waals surface area contributed by atoms with Crippen molar-refractivity contribution in [2.24, 2.45) is 0 Å². The summed E-state index contributed by atoms with van der Waals surface area (Å²) in [5.41, 5.74) is 0.470. The number of nitro groups is 1. The number of carboxylic acids is 1. The first-order valence-corrected chi connectivity index (χ1v) is 8.88. The van der Waals surface area contributed by atoms with Gasteiger partial charge in [-0.3, -0.25) is 19.7 Å². The van der Waals surface area contributed by atoms with Crippen LogP contribution in [0, 0.1) is 10.1 Å². The Morgan fingerprint density at radius 2 is 1.93 bits per heavy atom. The molecular formula is C20H22N2O6. The van der Waals surface area contributed by atoms with Crippen LogP contribution in [0.3, 0.4) is 0 Å². The number of carbonyl (C=O) groups is 2. The van der Waals surface area contributed by atoms with Crippen LogP contribution in [-0.4, -0.2) is 34.6 Å². The summed E-state index contributed by atoms with van der Waals surface area (Å²) in [5.74, 6) is -1.26. The number of nitrogens with zero attached hydrogens (tertiary/aromatic N) is 1. The third kappa shape index (κ3) is 6.08. The molecule has 2 N–H and O–H groups in total. The molecule has 2 aromatic rings. The number of nitro benzene ring substituents is 1. The molecule has 1 unspecified atom stereocenters. The van der Waals surface area contributed by atoms with Crippen LogP contribution in [0.2, 0.25) is 0 Å². The zero-order chi connectivity index (χ0) is 20.5. The van der Waals surface area contributed by atoms with Crippen molar-refractivity contribution in [1.29, 1.82) is 0 Å². The number of amides is 1. The van der Waals surface area contributed by atoms with E-state index in [-0.39, 0.29) is 24.1 Å². The number of carboxylic acid groups (broad SMARTS) is 1. The molecule has 148 valence electrons. The number of rotatable bonds is 10. The summed E-state index contributed by atoms with van der Waals surface area (Å²) in [6.07, 6.45) is 0.493. The number of aliphatic carboxylic acids is 1. The lowest BCUT2D eigenvalue weighted by molar-refractivity contribution is -0.385. The summed E-state index contributed by atoms with van der Waals surface area (Å²) in [6.45, 7) is 2.12. The van der Waals surface area contributed by atoms with E-state index in [0.717, 1.165) is 5.56 Å². The minimum absolute atomic E-state index is 0.121. The van der Waals surface area contributed by atoms with Gasteiger partial charge in [-0.15, -0.1) is 0 Å². The van der Waals surface area contributed by atoms with Gasteiger partial charge in [-0.25, -0.2) is 0 Å². The number of hydrogen-bond donors (Lipinski definition) is 2. The van der Waals surface area contributed by atoms with Crippen LogP contribution in [0.4, 0.5) is 5.69 Å². The highest BCUT2D eigenvalue weighted by molar-refractivity contribution is 5.98. The molecule has 0 aromatic heterocycles.